The number of benzene rings is 1. The van der Waals surface area contributed by atoms with Crippen LogP contribution in [-0.2, 0) is 16.1 Å². The summed E-state index contributed by atoms with van der Waals surface area (Å²) >= 11 is 6.56. The Morgan fingerprint density at radius 2 is 2.20 bits per heavy atom. The van der Waals surface area contributed by atoms with Gasteiger partial charge >= 0.3 is 11.9 Å². The highest BCUT2D eigenvalue weighted by atomic mass is 35.5. The zero-order valence-corrected chi connectivity index (χ0v) is 14.2. The molecule has 1 aromatic heterocycles. The first-order valence-corrected chi connectivity index (χ1v) is 7.98. The Morgan fingerprint density at radius 3 is 2.80 bits per heavy atom. The van der Waals surface area contributed by atoms with Crippen molar-refractivity contribution in [3.05, 3.63) is 46.9 Å². The van der Waals surface area contributed by atoms with Gasteiger partial charge in [-0.05, 0) is 24.3 Å². The monoisotopic (exact) mass is 387 g/mol. The first-order chi connectivity index (χ1) is 11.9. The van der Waals surface area contributed by atoms with E-state index in [9.17, 15) is 14.8 Å². The minimum atomic E-state index is -1.30. The van der Waals surface area contributed by atoms with E-state index in [4.69, 9.17) is 31.0 Å². The van der Waals surface area contributed by atoms with Crippen LogP contribution in [0.2, 0.25) is 5.02 Å². The lowest BCUT2D eigenvalue weighted by molar-refractivity contribution is -0.140. The molecule has 0 aliphatic carbocycles. The summed E-state index contributed by atoms with van der Waals surface area (Å²) in [6.45, 7) is -0.556. The summed E-state index contributed by atoms with van der Waals surface area (Å²) < 4.78 is 10.4. The number of nitrogens with one attached hydrogen (secondary N) is 1. The van der Waals surface area contributed by atoms with Crippen LogP contribution in [0, 0.1) is 0 Å². The van der Waals surface area contributed by atoms with Crippen molar-refractivity contribution >= 4 is 47.0 Å². The van der Waals surface area contributed by atoms with Crippen molar-refractivity contribution in [3.63, 3.8) is 0 Å². The maximum atomic E-state index is 12.2. The molecule has 0 fully saturated rings. The number of rotatable bonds is 8. The van der Waals surface area contributed by atoms with Gasteiger partial charge in [0.2, 0.25) is 0 Å². The van der Waals surface area contributed by atoms with Crippen LogP contribution in [0.1, 0.15) is 16.1 Å². The molecule has 1 aromatic carbocycles. The van der Waals surface area contributed by atoms with Crippen molar-refractivity contribution < 1.29 is 29.1 Å². The largest absolute Gasteiger partial charge is 0.479 e. The van der Waals surface area contributed by atoms with Crippen molar-refractivity contribution in [2.45, 2.75) is 6.54 Å². The van der Waals surface area contributed by atoms with Gasteiger partial charge in [-0.2, -0.15) is 4.47 Å². The molecule has 0 unspecified atom stereocenters. The second-order valence-corrected chi connectivity index (χ2v) is 5.59. The molecule has 5 N–H and O–H groups in total. The van der Waals surface area contributed by atoms with Crippen LogP contribution in [0.3, 0.4) is 0 Å². The first-order valence-electron chi connectivity index (χ1n) is 6.77. The number of halogens is 1. The van der Waals surface area contributed by atoms with E-state index in [-0.39, 0.29) is 28.5 Å². The highest BCUT2D eigenvalue weighted by Gasteiger charge is 2.20. The minimum Gasteiger partial charge on any atom is -0.479 e. The van der Waals surface area contributed by atoms with Crippen molar-refractivity contribution in [3.8, 4) is 0 Å². The molecule has 0 saturated heterocycles. The molecule has 0 aliphatic heterocycles. The van der Waals surface area contributed by atoms with E-state index in [2.05, 4.69) is 5.32 Å². The highest BCUT2D eigenvalue weighted by molar-refractivity contribution is 7.98. The summed E-state index contributed by atoms with van der Waals surface area (Å²) in [6, 6.07) is 6.05. The molecule has 0 saturated carbocycles. The Labute approximate surface area is 151 Å². The fourth-order valence-electron chi connectivity index (χ4n) is 1.88. The Hall–Kier alpha value is -2.40. The number of carbonyl (C=O) groups excluding carboxylic acids is 1. The third-order valence-electron chi connectivity index (χ3n) is 2.97. The third kappa shape index (κ3) is 5.03. The van der Waals surface area contributed by atoms with Gasteiger partial charge < -0.3 is 19.6 Å². The maximum Gasteiger partial charge on any atom is 0.341 e. The normalized spacial score (nSPS) is 10.4. The predicted octanol–water partition coefficient (Wildman–Crippen LogP) is 2.50. The molecule has 0 radical (unpaired) electrons. The average Bonchev–Trinajstić information content (AvgIpc) is 3.10. The van der Waals surface area contributed by atoms with Gasteiger partial charge in [-0.3, -0.25) is 10.3 Å². The predicted molar refractivity (Wildman–Crippen MR) is 91.4 cm³/mol. The molecule has 2 rings (SSSR count). The summed E-state index contributed by atoms with van der Waals surface area (Å²) in [7, 11) is 0. The van der Waals surface area contributed by atoms with Crippen LogP contribution in [0.15, 0.2) is 34.9 Å². The molecule has 0 bridgehead atoms. The van der Waals surface area contributed by atoms with Gasteiger partial charge in [-0.1, -0.05) is 11.6 Å². The molecule has 0 amide bonds. The van der Waals surface area contributed by atoms with Crippen molar-refractivity contribution in [2.24, 2.45) is 5.14 Å². The number of furan rings is 1. The second-order valence-electron chi connectivity index (χ2n) is 4.63. The van der Waals surface area contributed by atoms with Gasteiger partial charge in [0.25, 0.3) is 0 Å². The third-order valence-corrected chi connectivity index (χ3v) is 3.67. The van der Waals surface area contributed by atoms with Crippen LogP contribution >= 0.6 is 23.7 Å². The smallest absolute Gasteiger partial charge is 0.341 e. The van der Waals surface area contributed by atoms with Gasteiger partial charge in [0.05, 0.1) is 46.9 Å². The maximum absolute atomic E-state index is 12.2. The summed E-state index contributed by atoms with van der Waals surface area (Å²) in [4.78, 5) is 22.8. The summed E-state index contributed by atoms with van der Waals surface area (Å²) in [6.07, 6.45) is 1.50. The molecular weight excluding hydrogens is 374 g/mol. The van der Waals surface area contributed by atoms with Gasteiger partial charge in [0.1, 0.15) is 5.76 Å². The zero-order valence-electron chi connectivity index (χ0n) is 12.6. The van der Waals surface area contributed by atoms with E-state index < -0.39 is 18.5 Å². The standard InChI is InChI=1S/C14H14ClN3O6S/c15-10-5-11(17-6-8-2-1-3-23-8)9(4-12(10)18(22)25-16)14(21)24-7-13(19)20/h1-5,17,22H,6-7,16H2,(H,19,20). The van der Waals surface area contributed by atoms with E-state index in [0.717, 1.165) is 0 Å². The Kier molecular flexibility index (Phi) is 6.53. The zero-order chi connectivity index (χ0) is 18.4. The van der Waals surface area contributed by atoms with E-state index in [1.54, 1.807) is 12.1 Å². The number of anilines is 2. The Bertz CT molecular complexity index is 755. The number of esters is 1. The Morgan fingerprint density at radius 1 is 1.44 bits per heavy atom. The number of carboxylic acid groups (broad SMARTS) is 1. The van der Waals surface area contributed by atoms with E-state index in [0.29, 0.717) is 22.4 Å². The summed E-state index contributed by atoms with van der Waals surface area (Å²) in [5, 5.41) is 26.7. The fraction of sp³-hybridized carbons (Fsp3) is 0.143. The molecule has 2 aromatic rings. The fourth-order valence-corrected chi connectivity index (χ4v) is 2.44. The molecular formula is C14H14ClN3O6S. The molecule has 25 heavy (non-hydrogen) atoms. The molecule has 1 heterocycles. The second kappa shape index (κ2) is 8.62. The van der Waals surface area contributed by atoms with Crippen LogP contribution in [0.25, 0.3) is 0 Å². The van der Waals surface area contributed by atoms with Gasteiger partial charge in [0, 0.05) is 0 Å². The highest BCUT2D eigenvalue weighted by Crippen LogP contribution is 2.34. The van der Waals surface area contributed by atoms with Gasteiger partial charge in [-0.25, -0.2) is 9.59 Å². The van der Waals surface area contributed by atoms with E-state index in [1.165, 1.54) is 18.4 Å². The summed E-state index contributed by atoms with van der Waals surface area (Å²) in [5.74, 6) is -1.60. The molecule has 0 atom stereocenters. The van der Waals surface area contributed by atoms with E-state index in [1.807, 2.05) is 0 Å². The van der Waals surface area contributed by atoms with Crippen LogP contribution < -0.4 is 14.9 Å². The molecule has 0 spiro atoms. The summed E-state index contributed by atoms with van der Waals surface area (Å²) in [5.41, 5.74) is 0.288. The molecule has 134 valence electrons. The van der Waals surface area contributed by atoms with Crippen LogP contribution in [0.5, 0.6) is 0 Å². The van der Waals surface area contributed by atoms with Crippen molar-refractivity contribution in [1.82, 2.24) is 0 Å². The number of carboxylic acids is 1. The quantitative estimate of drug-likeness (QED) is 0.303. The van der Waals surface area contributed by atoms with Crippen LogP contribution in [-0.4, -0.2) is 28.9 Å². The Balaban J connectivity index is 2.32. The number of hydrogen-bond donors (Lipinski definition) is 4. The minimum absolute atomic E-state index is 0.0275. The SMILES string of the molecule is NSN(O)c1cc(C(=O)OCC(=O)O)c(NCc2ccco2)cc1Cl. The lowest BCUT2D eigenvalue weighted by atomic mass is 10.1. The van der Waals surface area contributed by atoms with Crippen LogP contribution in [0.4, 0.5) is 11.4 Å². The van der Waals surface area contributed by atoms with Gasteiger partial charge in [-0.15, -0.1) is 0 Å². The van der Waals surface area contributed by atoms with E-state index >= 15 is 0 Å². The molecule has 0 aliphatic rings. The number of aliphatic carboxylic acids is 1. The molecule has 11 heteroatoms. The number of ether oxygens (including phenoxy) is 1. The lowest BCUT2D eigenvalue weighted by Gasteiger charge is -2.18. The number of carbonyl (C=O) groups is 2. The average molecular weight is 388 g/mol. The first kappa shape index (κ1) is 18.9. The number of hydrogen-bond acceptors (Lipinski definition) is 9. The number of nitrogens with two attached hydrogens (primary N) is 1. The van der Waals surface area contributed by atoms with Crippen molar-refractivity contribution in [2.75, 3.05) is 16.4 Å². The topological polar surface area (TPSA) is 138 Å². The van der Waals surface area contributed by atoms with Crippen molar-refractivity contribution in [1.29, 1.82) is 0 Å². The number of nitrogens with zero attached hydrogens (tertiary/aromatic N) is 1. The van der Waals surface area contributed by atoms with Gasteiger partial charge in [0.15, 0.2) is 6.61 Å². The molecule has 9 nitrogen and oxygen atoms in total. The lowest BCUT2D eigenvalue weighted by Crippen LogP contribution is -2.17.